The van der Waals surface area contributed by atoms with Gasteiger partial charge in [-0.25, -0.2) is 0 Å². The van der Waals surface area contributed by atoms with Crippen LogP contribution in [-0.4, -0.2) is 26.3 Å². The number of hydrogen-bond acceptors (Lipinski definition) is 3. The predicted octanol–water partition coefficient (Wildman–Crippen LogP) is 2.58. The molecule has 0 aliphatic heterocycles. The Balaban J connectivity index is 3.20. The third-order valence-corrected chi connectivity index (χ3v) is 2.49. The second kappa shape index (κ2) is 8.55. The van der Waals surface area contributed by atoms with Crippen molar-refractivity contribution in [2.24, 2.45) is 11.3 Å². The first-order valence-corrected chi connectivity index (χ1v) is 6.17. The highest BCUT2D eigenvalue weighted by atomic mass is 16.5. The van der Waals surface area contributed by atoms with Crippen molar-refractivity contribution < 1.29 is 4.74 Å². The lowest BCUT2D eigenvalue weighted by Crippen LogP contribution is -2.25. The Morgan fingerprint density at radius 1 is 1.25 bits per heavy atom. The number of hydrogen-bond donors (Lipinski definition) is 1. The van der Waals surface area contributed by atoms with Gasteiger partial charge in [0.15, 0.2) is 0 Å². The topological polar surface area (TPSA) is 45.0 Å². The van der Waals surface area contributed by atoms with E-state index < -0.39 is 0 Å². The van der Waals surface area contributed by atoms with Gasteiger partial charge in [-0.15, -0.1) is 0 Å². The third-order valence-electron chi connectivity index (χ3n) is 2.49. The first-order chi connectivity index (χ1) is 7.48. The fraction of sp³-hybridized carbons (Fsp3) is 0.923. The monoisotopic (exact) mass is 226 g/mol. The van der Waals surface area contributed by atoms with Crippen molar-refractivity contribution >= 4 is 0 Å². The highest BCUT2D eigenvalue weighted by molar-refractivity contribution is 4.91. The molecular formula is C13H26N2O. The van der Waals surface area contributed by atoms with Crippen LogP contribution in [-0.2, 0) is 4.74 Å². The summed E-state index contributed by atoms with van der Waals surface area (Å²) in [4.78, 5) is 0. The van der Waals surface area contributed by atoms with E-state index >= 15 is 0 Å². The van der Waals surface area contributed by atoms with Crippen molar-refractivity contribution in [3.63, 3.8) is 0 Å². The van der Waals surface area contributed by atoms with E-state index in [1.165, 1.54) is 0 Å². The summed E-state index contributed by atoms with van der Waals surface area (Å²) >= 11 is 0. The standard InChI is InChI=1S/C13H26N2O/c1-12(2)5-9-16-10-8-15-7-6-13(3,4)11-14/h12,15H,5-10H2,1-4H3. The van der Waals surface area contributed by atoms with E-state index in [-0.39, 0.29) is 5.41 Å². The summed E-state index contributed by atoms with van der Waals surface area (Å²) < 4.78 is 5.48. The minimum Gasteiger partial charge on any atom is -0.380 e. The number of ether oxygens (including phenoxy) is 1. The van der Waals surface area contributed by atoms with Gasteiger partial charge in [0.25, 0.3) is 0 Å². The maximum Gasteiger partial charge on any atom is 0.0684 e. The summed E-state index contributed by atoms with van der Waals surface area (Å²) in [6, 6.07) is 2.29. The number of nitrogens with one attached hydrogen (secondary N) is 1. The number of nitriles is 1. The van der Waals surface area contributed by atoms with Crippen LogP contribution < -0.4 is 5.32 Å². The molecule has 0 aromatic carbocycles. The van der Waals surface area contributed by atoms with Crippen molar-refractivity contribution in [1.29, 1.82) is 5.26 Å². The van der Waals surface area contributed by atoms with Crippen molar-refractivity contribution in [3.8, 4) is 6.07 Å². The minimum atomic E-state index is -0.217. The zero-order valence-electron chi connectivity index (χ0n) is 11.2. The zero-order valence-corrected chi connectivity index (χ0v) is 11.2. The average molecular weight is 226 g/mol. The zero-order chi connectivity index (χ0) is 12.4. The summed E-state index contributed by atoms with van der Waals surface area (Å²) in [6.07, 6.45) is 2.01. The molecule has 94 valence electrons. The molecule has 0 aromatic rings. The van der Waals surface area contributed by atoms with Gasteiger partial charge in [-0.1, -0.05) is 13.8 Å². The molecule has 16 heavy (non-hydrogen) atoms. The van der Waals surface area contributed by atoms with Crippen LogP contribution in [0.4, 0.5) is 0 Å². The Kier molecular flexibility index (Phi) is 8.23. The van der Waals surface area contributed by atoms with Crippen molar-refractivity contribution in [1.82, 2.24) is 5.32 Å². The van der Waals surface area contributed by atoms with E-state index in [9.17, 15) is 0 Å². The summed E-state index contributed by atoms with van der Waals surface area (Å²) in [5, 5.41) is 12.1. The Bertz CT molecular complexity index is 206. The van der Waals surface area contributed by atoms with Gasteiger partial charge in [0.1, 0.15) is 0 Å². The van der Waals surface area contributed by atoms with E-state index in [1.807, 2.05) is 13.8 Å². The predicted molar refractivity (Wildman–Crippen MR) is 67.2 cm³/mol. The van der Waals surface area contributed by atoms with Crippen LogP contribution >= 0.6 is 0 Å². The van der Waals surface area contributed by atoms with E-state index in [1.54, 1.807) is 0 Å². The quantitative estimate of drug-likeness (QED) is 0.615. The SMILES string of the molecule is CC(C)CCOCCNCCC(C)(C)C#N. The van der Waals surface area contributed by atoms with Crippen LogP contribution in [0.15, 0.2) is 0 Å². The molecule has 0 radical (unpaired) electrons. The Hall–Kier alpha value is -0.590. The second-order valence-electron chi connectivity index (χ2n) is 5.29. The Morgan fingerprint density at radius 3 is 2.50 bits per heavy atom. The first-order valence-electron chi connectivity index (χ1n) is 6.17. The first kappa shape index (κ1) is 15.4. The highest BCUT2D eigenvalue weighted by Crippen LogP contribution is 2.16. The van der Waals surface area contributed by atoms with Crippen molar-refractivity contribution in [2.75, 3.05) is 26.3 Å². The molecule has 0 saturated heterocycles. The van der Waals surface area contributed by atoms with Gasteiger partial charge in [0.2, 0.25) is 0 Å². The summed E-state index contributed by atoms with van der Waals surface area (Å²) in [5.41, 5.74) is -0.217. The molecule has 3 nitrogen and oxygen atoms in total. The Labute approximate surface area is 100 Å². The van der Waals surface area contributed by atoms with Gasteiger partial charge in [0.05, 0.1) is 18.1 Å². The van der Waals surface area contributed by atoms with E-state index in [2.05, 4.69) is 25.2 Å². The molecule has 1 N–H and O–H groups in total. The maximum atomic E-state index is 8.82. The van der Waals surface area contributed by atoms with Gasteiger partial charge in [-0.2, -0.15) is 5.26 Å². The van der Waals surface area contributed by atoms with Gasteiger partial charge < -0.3 is 10.1 Å². The van der Waals surface area contributed by atoms with E-state index in [0.29, 0.717) is 5.92 Å². The fourth-order valence-electron chi connectivity index (χ4n) is 1.15. The van der Waals surface area contributed by atoms with Crippen LogP contribution in [0.5, 0.6) is 0 Å². The van der Waals surface area contributed by atoms with Crippen LogP contribution in [0.3, 0.4) is 0 Å². The maximum absolute atomic E-state index is 8.82. The molecule has 0 amide bonds. The molecular weight excluding hydrogens is 200 g/mol. The number of nitrogens with zero attached hydrogens (tertiary/aromatic N) is 1. The van der Waals surface area contributed by atoms with Crippen molar-refractivity contribution in [2.45, 2.75) is 40.5 Å². The summed E-state index contributed by atoms with van der Waals surface area (Å²) in [7, 11) is 0. The molecule has 0 spiro atoms. The number of rotatable bonds is 9. The van der Waals surface area contributed by atoms with E-state index in [4.69, 9.17) is 10.00 Å². The molecule has 0 saturated carbocycles. The molecule has 0 heterocycles. The van der Waals surface area contributed by atoms with Gasteiger partial charge in [-0.3, -0.25) is 0 Å². The highest BCUT2D eigenvalue weighted by Gasteiger charge is 2.14. The molecule has 0 rings (SSSR count). The summed E-state index contributed by atoms with van der Waals surface area (Å²) in [6.45, 7) is 11.7. The molecule has 0 aliphatic rings. The lowest BCUT2D eigenvalue weighted by atomic mass is 9.92. The molecule has 0 aromatic heterocycles. The minimum absolute atomic E-state index is 0.217. The second-order valence-corrected chi connectivity index (χ2v) is 5.29. The lowest BCUT2D eigenvalue weighted by Gasteiger charge is -2.15. The Morgan fingerprint density at radius 2 is 1.94 bits per heavy atom. The molecule has 0 aliphatic carbocycles. The van der Waals surface area contributed by atoms with Gasteiger partial charge >= 0.3 is 0 Å². The normalized spacial score (nSPS) is 11.8. The molecule has 0 fully saturated rings. The van der Waals surface area contributed by atoms with Crippen molar-refractivity contribution in [3.05, 3.63) is 0 Å². The van der Waals surface area contributed by atoms with Gasteiger partial charge in [0, 0.05) is 13.2 Å². The average Bonchev–Trinajstić information content (AvgIpc) is 2.21. The fourth-order valence-corrected chi connectivity index (χ4v) is 1.15. The smallest absolute Gasteiger partial charge is 0.0684 e. The lowest BCUT2D eigenvalue weighted by molar-refractivity contribution is 0.125. The van der Waals surface area contributed by atoms with Crippen LogP contribution in [0, 0.1) is 22.7 Å². The molecule has 0 bridgehead atoms. The van der Waals surface area contributed by atoms with Gasteiger partial charge in [-0.05, 0) is 39.2 Å². The van der Waals surface area contributed by atoms with E-state index in [0.717, 1.165) is 39.1 Å². The summed E-state index contributed by atoms with van der Waals surface area (Å²) in [5.74, 6) is 0.712. The largest absolute Gasteiger partial charge is 0.380 e. The molecule has 0 unspecified atom stereocenters. The third kappa shape index (κ3) is 9.95. The van der Waals surface area contributed by atoms with Crippen LogP contribution in [0.2, 0.25) is 0 Å². The van der Waals surface area contributed by atoms with Crippen LogP contribution in [0.25, 0.3) is 0 Å². The van der Waals surface area contributed by atoms with Crippen LogP contribution in [0.1, 0.15) is 40.5 Å². The molecule has 0 atom stereocenters. The molecule has 3 heteroatoms.